The van der Waals surface area contributed by atoms with Crippen LogP contribution in [-0.4, -0.2) is 28.3 Å². The summed E-state index contributed by atoms with van der Waals surface area (Å²) in [6.07, 6.45) is 6.00. The van der Waals surface area contributed by atoms with Crippen LogP contribution in [0.25, 0.3) is 0 Å². The third-order valence-corrected chi connectivity index (χ3v) is 3.82. The lowest BCUT2D eigenvalue weighted by Crippen LogP contribution is -2.33. The first kappa shape index (κ1) is 12.4. The zero-order chi connectivity index (χ0) is 13.1. The second kappa shape index (κ2) is 5.53. The van der Waals surface area contributed by atoms with Crippen molar-refractivity contribution in [3.8, 4) is 0 Å². The summed E-state index contributed by atoms with van der Waals surface area (Å²) in [5, 5.41) is 8.47. The van der Waals surface area contributed by atoms with Gasteiger partial charge in [-0.15, -0.1) is 10.2 Å². The molecule has 1 saturated heterocycles. The van der Waals surface area contributed by atoms with Gasteiger partial charge in [0.15, 0.2) is 11.0 Å². The SMILES string of the molecule is Clc1ccc(N2CCC(c3ccncc3)CC2)nn1. The van der Waals surface area contributed by atoms with Gasteiger partial charge >= 0.3 is 0 Å². The van der Waals surface area contributed by atoms with Crippen LogP contribution in [0.5, 0.6) is 0 Å². The number of rotatable bonds is 2. The van der Waals surface area contributed by atoms with Crippen molar-refractivity contribution in [3.63, 3.8) is 0 Å². The molecule has 0 N–H and O–H groups in total. The summed E-state index contributed by atoms with van der Waals surface area (Å²) in [6, 6.07) is 7.95. The van der Waals surface area contributed by atoms with Crippen molar-refractivity contribution in [1.29, 1.82) is 0 Å². The molecule has 0 saturated carbocycles. The fraction of sp³-hybridized carbons (Fsp3) is 0.357. The van der Waals surface area contributed by atoms with Crippen molar-refractivity contribution >= 4 is 17.4 Å². The highest BCUT2D eigenvalue weighted by atomic mass is 35.5. The number of hydrogen-bond acceptors (Lipinski definition) is 4. The average molecular weight is 275 g/mol. The average Bonchev–Trinajstić information content (AvgIpc) is 2.49. The van der Waals surface area contributed by atoms with Crippen LogP contribution < -0.4 is 4.90 Å². The molecule has 1 aliphatic rings. The van der Waals surface area contributed by atoms with E-state index in [1.165, 1.54) is 5.56 Å². The second-order valence-corrected chi connectivity index (χ2v) is 5.14. The monoisotopic (exact) mass is 274 g/mol. The Kier molecular flexibility index (Phi) is 3.60. The van der Waals surface area contributed by atoms with Crippen LogP contribution in [0.2, 0.25) is 5.15 Å². The Hall–Kier alpha value is -1.68. The smallest absolute Gasteiger partial charge is 0.151 e. The van der Waals surface area contributed by atoms with E-state index in [0.29, 0.717) is 11.1 Å². The fourth-order valence-corrected chi connectivity index (χ4v) is 2.66. The van der Waals surface area contributed by atoms with Gasteiger partial charge in [0.05, 0.1) is 0 Å². The molecule has 0 amide bonds. The largest absolute Gasteiger partial charge is 0.355 e. The zero-order valence-corrected chi connectivity index (χ0v) is 11.3. The maximum absolute atomic E-state index is 5.76. The molecule has 1 fully saturated rings. The predicted octanol–water partition coefficient (Wildman–Crippen LogP) is 2.91. The molecule has 98 valence electrons. The van der Waals surface area contributed by atoms with Gasteiger partial charge in [0.1, 0.15) is 0 Å². The number of aromatic nitrogens is 3. The molecule has 0 aromatic carbocycles. The molecule has 2 aromatic rings. The van der Waals surface area contributed by atoms with E-state index in [2.05, 4.69) is 32.2 Å². The highest BCUT2D eigenvalue weighted by molar-refractivity contribution is 6.29. The Bertz CT molecular complexity index is 521. The third-order valence-electron chi connectivity index (χ3n) is 3.61. The van der Waals surface area contributed by atoms with Gasteiger partial charge in [-0.05, 0) is 48.6 Å². The van der Waals surface area contributed by atoms with Crippen LogP contribution in [0.4, 0.5) is 5.82 Å². The minimum Gasteiger partial charge on any atom is -0.355 e. The summed E-state index contributed by atoms with van der Waals surface area (Å²) in [6.45, 7) is 2.01. The molecule has 19 heavy (non-hydrogen) atoms. The normalized spacial score (nSPS) is 16.6. The molecule has 3 heterocycles. The summed E-state index contributed by atoms with van der Waals surface area (Å²) in [5.41, 5.74) is 1.39. The lowest BCUT2D eigenvalue weighted by Gasteiger charge is -2.32. The summed E-state index contributed by atoms with van der Waals surface area (Å²) < 4.78 is 0. The zero-order valence-electron chi connectivity index (χ0n) is 10.5. The number of pyridine rings is 1. The Morgan fingerprint density at radius 2 is 1.74 bits per heavy atom. The van der Waals surface area contributed by atoms with Crippen LogP contribution in [0.3, 0.4) is 0 Å². The van der Waals surface area contributed by atoms with Gasteiger partial charge in [-0.25, -0.2) is 0 Å². The Labute approximate surface area is 117 Å². The van der Waals surface area contributed by atoms with Gasteiger partial charge in [-0.3, -0.25) is 4.98 Å². The molecule has 0 atom stereocenters. The van der Waals surface area contributed by atoms with Crippen LogP contribution in [-0.2, 0) is 0 Å². The first-order chi connectivity index (χ1) is 9.33. The summed E-state index contributed by atoms with van der Waals surface area (Å²) in [4.78, 5) is 6.33. The van der Waals surface area contributed by atoms with E-state index in [0.717, 1.165) is 31.7 Å². The third kappa shape index (κ3) is 2.84. The molecule has 0 bridgehead atoms. The minimum absolute atomic E-state index is 0.440. The lowest BCUT2D eigenvalue weighted by molar-refractivity contribution is 0.501. The standard InChI is InChI=1S/C14H15ClN4/c15-13-1-2-14(18-17-13)19-9-5-12(6-10-19)11-3-7-16-8-4-11/h1-4,7-8,12H,5-6,9-10H2. The van der Waals surface area contributed by atoms with Crippen LogP contribution in [0, 0.1) is 0 Å². The van der Waals surface area contributed by atoms with E-state index in [9.17, 15) is 0 Å². The molecule has 0 radical (unpaired) electrons. The maximum Gasteiger partial charge on any atom is 0.151 e. The minimum atomic E-state index is 0.440. The molecule has 0 aliphatic carbocycles. The van der Waals surface area contributed by atoms with Gasteiger partial charge in [0.2, 0.25) is 0 Å². The van der Waals surface area contributed by atoms with E-state index in [1.807, 2.05) is 18.5 Å². The Morgan fingerprint density at radius 3 is 2.37 bits per heavy atom. The highest BCUT2D eigenvalue weighted by Gasteiger charge is 2.21. The molecule has 0 unspecified atom stereocenters. The number of anilines is 1. The van der Waals surface area contributed by atoms with Crippen LogP contribution in [0.1, 0.15) is 24.3 Å². The van der Waals surface area contributed by atoms with E-state index in [1.54, 1.807) is 6.07 Å². The van der Waals surface area contributed by atoms with E-state index in [-0.39, 0.29) is 0 Å². The Balaban J connectivity index is 1.65. The van der Waals surface area contributed by atoms with Crippen molar-refractivity contribution in [3.05, 3.63) is 47.4 Å². The number of nitrogens with zero attached hydrogens (tertiary/aromatic N) is 4. The van der Waals surface area contributed by atoms with Crippen LogP contribution >= 0.6 is 11.6 Å². The molecule has 1 aliphatic heterocycles. The number of hydrogen-bond donors (Lipinski definition) is 0. The molecule has 3 rings (SSSR count). The van der Waals surface area contributed by atoms with E-state index >= 15 is 0 Å². The van der Waals surface area contributed by atoms with Gasteiger partial charge < -0.3 is 4.90 Å². The van der Waals surface area contributed by atoms with Gasteiger partial charge in [-0.2, -0.15) is 0 Å². The van der Waals surface area contributed by atoms with Crippen molar-refractivity contribution in [2.75, 3.05) is 18.0 Å². The summed E-state index contributed by atoms with van der Waals surface area (Å²) in [7, 11) is 0. The highest BCUT2D eigenvalue weighted by Crippen LogP contribution is 2.29. The van der Waals surface area contributed by atoms with Gasteiger partial charge in [0, 0.05) is 25.5 Å². The Morgan fingerprint density at radius 1 is 1.00 bits per heavy atom. The van der Waals surface area contributed by atoms with Crippen molar-refractivity contribution in [1.82, 2.24) is 15.2 Å². The number of halogens is 1. The van der Waals surface area contributed by atoms with Gasteiger partial charge in [0.25, 0.3) is 0 Å². The van der Waals surface area contributed by atoms with E-state index in [4.69, 9.17) is 11.6 Å². The second-order valence-electron chi connectivity index (χ2n) is 4.76. The molecular formula is C14H15ClN4. The predicted molar refractivity (Wildman–Crippen MR) is 75.5 cm³/mol. The van der Waals surface area contributed by atoms with Gasteiger partial charge in [-0.1, -0.05) is 11.6 Å². The van der Waals surface area contributed by atoms with Crippen molar-refractivity contribution < 1.29 is 0 Å². The van der Waals surface area contributed by atoms with Crippen LogP contribution in [0.15, 0.2) is 36.7 Å². The van der Waals surface area contributed by atoms with Crippen molar-refractivity contribution in [2.45, 2.75) is 18.8 Å². The number of piperidine rings is 1. The summed E-state index contributed by atoms with van der Waals surface area (Å²) in [5.74, 6) is 1.54. The maximum atomic E-state index is 5.76. The fourth-order valence-electron chi connectivity index (χ4n) is 2.56. The molecule has 2 aromatic heterocycles. The topological polar surface area (TPSA) is 41.9 Å². The molecule has 0 spiro atoms. The lowest BCUT2D eigenvalue weighted by atomic mass is 9.90. The first-order valence-corrected chi connectivity index (χ1v) is 6.85. The van der Waals surface area contributed by atoms with E-state index < -0.39 is 0 Å². The molecular weight excluding hydrogens is 260 g/mol. The molecule has 4 nitrogen and oxygen atoms in total. The summed E-state index contributed by atoms with van der Waals surface area (Å²) >= 11 is 5.76. The quantitative estimate of drug-likeness (QED) is 0.844. The first-order valence-electron chi connectivity index (χ1n) is 6.47. The molecule has 5 heteroatoms. The van der Waals surface area contributed by atoms with Crippen molar-refractivity contribution in [2.24, 2.45) is 0 Å².